The molecule has 0 radical (unpaired) electrons. The average molecular weight is 374 g/mol. The summed E-state index contributed by atoms with van der Waals surface area (Å²) in [5, 5.41) is 3.05. The molecule has 0 unspecified atom stereocenters. The van der Waals surface area contributed by atoms with Gasteiger partial charge in [-0.25, -0.2) is 0 Å². The van der Waals surface area contributed by atoms with E-state index in [1.807, 2.05) is 23.1 Å². The van der Waals surface area contributed by atoms with E-state index < -0.39 is 0 Å². The third-order valence-corrected chi connectivity index (χ3v) is 5.42. The summed E-state index contributed by atoms with van der Waals surface area (Å²) in [6.45, 7) is 5.80. The van der Waals surface area contributed by atoms with Crippen LogP contribution in [0.3, 0.4) is 0 Å². The fourth-order valence-corrected chi connectivity index (χ4v) is 3.71. The van der Waals surface area contributed by atoms with E-state index in [0.717, 1.165) is 18.4 Å². The van der Waals surface area contributed by atoms with Crippen molar-refractivity contribution < 1.29 is 19.1 Å². The Labute approximate surface area is 161 Å². The van der Waals surface area contributed by atoms with Gasteiger partial charge in [0.2, 0.25) is 11.8 Å². The summed E-state index contributed by atoms with van der Waals surface area (Å²) >= 11 is 0. The molecule has 3 rings (SSSR count). The Balaban J connectivity index is 1.86. The lowest BCUT2D eigenvalue weighted by atomic mass is 9.87. The van der Waals surface area contributed by atoms with Gasteiger partial charge in [-0.15, -0.1) is 0 Å². The smallest absolute Gasteiger partial charge is 0.225 e. The molecule has 1 aliphatic carbocycles. The standard InChI is InChI=1S/C21H30N2O4/c1-13(2)10-22-20(24)18-12-23(21(25)14-5-6-14)11-17(18)16-8-7-15(26-3)9-19(16)27-4/h7-9,13-14,17-18H,5-6,10-12H2,1-4H3,(H,22,24)/t17-,18+/m0/s1. The molecule has 1 aromatic rings. The summed E-state index contributed by atoms with van der Waals surface area (Å²) in [5.74, 6) is 1.79. The molecule has 1 aromatic carbocycles. The molecule has 0 spiro atoms. The highest BCUT2D eigenvalue weighted by Gasteiger charge is 2.44. The number of likely N-dealkylation sites (tertiary alicyclic amines) is 1. The molecule has 2 atom stereocenters. The molecule has 1 aliphatic heterocycles. The minimum Gasteiger partial charge on any atom is -0.497 e. The molecule has 2 amide bonds. The molecule has 0 aromatic heterocycles. The molecule has 1 N–H and O–H groups in total. The van der Waals surface area contributed by atoms with Gasteiger partial charge in [-0.3, -0.25) is 9.59 Å². The van der Waals surface area contributed by atoms with Crippen molar-refractivity contribution in [2.45, 2.75) is 32.6 Å². The fourth-order valence-electron chi connectivity index (χ4n) is 3.71. The lowest BCUT2D eigenvalue weighted by molar-refractivity contribution is -0.132. The van der Waals surface area contributed by atoms with E-state index in [0.29, 0.717) is 37.1 Å². The van der Waals surface area contributed by atoms with E-state index in [2.05, 4.69) is 19.2 Å². The van der Waals surface area contributed by atoms with Crippen molar-refractivity contribution >= 4 is 11.8 Å². The number of nitrogens with one attached hydrogen (secondary N) is 1. The highest BCUT2D eigenvalue weighted by Crippen LogP contribution is 2.41. The van der Waals surface area contributed by atoms with Crippen molar-refractivity contribution in [2.24, 2.45) is 17.8 Å². The molecule has 27 heavy (non-hydrogen) atoms. The Morgan fingerprint density at radius 1 is 1.19 bits per heavy atom. The van der Waals surface area contributed by atoms with Crippen molar-refractivity contribution in [1.82, 2.24) is 10.2 Å². The highest BCUT2D eigenvalue weighted by molar-refractivity contribution is 5.85. The maximum atomic E-state index is 12.9. The van der Waals surface area contributed by atoms with Crippen molar-refractivity contribution in [3.63, 3.8) is 0 Å². The monoisotopic (exact) mass is 374 g/mol. The largest absolute Gasteiger partial charge is 0.497 e. The first-order valence-electron chi connectivity index (χ1n) is 9.73. The van der Waals surface area contributed by atoms with Crippen molar-refractivity contribution in [2.75, 3.05) is 33.9 Å². The number of rotatable bonds is 7. The van der Waals surface area contributed by atoms with E-state index in [1.54, 1.807) is 14.2 Å². The number of hydrogen-bond donors (Lipinski definition) is 1. The highest BCUT2D eigenvalue weighted by atomic mass is 16.5. The number of amides is 2. The van der Waals surface area contributed by atoms with Crippen LogP contribution < -0.4 is 14.8 Å². The first kappa shape index (κ1) is 19.5. The molecule has 6 heteroatoms. The SMILES string of the molecule is COc1ccc([C@@H]2CN(C(=O)C3CC3)C[C@H]2C(=O)NCC(C)C)c(OC)c1. The molecular weight excluding hydrogens is 344 g/mol. The second-order valence-electron chi connectivity index (χ2n) is 7.98. The second kappa shape index (κ2) is 8.19. The number of carbonyl (C=O) groups excluding carboxylic acids is 2. The Bertz CT molecular complexity index is 699. The van der Waals surface area contributed by atoms with Crippen LogP contribution in [0.1, 0.15) is 38.2 Å². The van der Waals surface area contributed by atoms with Crippen LogP contribution in [-0.4, -0.2) is 50.6 Å². The Kier molecular flexibility index (Phi) is 5.92. The van der Waals surface area contributed by atoms with Crippen LogP contribution in [0.25, 0.3) is 0 Å². The van der Waals surface area contributed by atoms with Gasteiger partial charge >= 0.3 is 0 Å². The molecule has 0 bridgehead atoms. The van der Waals surface area contributed by atoms with Gasteiger partial charge in [0.25, 0.3) is 0 Å². The number of benzene rings is 1. The van der Waals surface area contributed by atoms with Gasteiger partial charge in [0.1, 0.15) is 11.5 Å². The quantitative estimate of drug-likeness (QED) is 0.796. The van der Waals surface area contributed by atoms with Gasteiger partial charge in [0, 0.05) is 43.1 Å². The Morgan fingerprint density at radius 2 is 1.93 bits per heavy atom. The Hall–Kier alpha value is -2.24. The molecule has 1 heterocycles. The lowest BCUT2D eigenvalue weighted by Gasteiger charge is -2.21. The van der Waals surface area contributed by atoms with E-state index >= 15 is 0 Å². The van der Waals surface area contributed by atoms with Crippen LogP contribution in [0.15, 0.2) is 18.2 Å². The summed E-state index contributed by atoms with van der Waals surface area (Å²) in [5.41, 5.74) is 0.953. The summed E-state index contributed by atoms with van der Waals surface area (Å²) < 4.78 is 10.9. The third kappa shape index (κ3) is 4.37. The summed E-state index contributed by atoms with van der Waals surface area (Å²) in [7, 11) is 3.23. The van der Waals surface area contributed by atoms with E-state index in [-0.39, 0.29) is 29.6 Å². The van der Waals surface area contributed by atoms with Gasteiger partial charge < -0.3 is 19.7 Å². The normalized spacial score (nSPS) is 22.0. The summed E-state index contributed by atoms with van der Waals surface area (Å²) in [4.78, 5) is 27.4. The number of carbonyl (C=O) groups is 2. The third-order valence-electron chi connectivity index (χ3n) is 5.42. The predicted molar refractivity (Wildman–Crippen MR) is 103 cm³/mol. The Morgan fingerprint density at radius 3 is 2.52 bits per heavy atom. The lowest BCUT2D eigenvalue weighted by Crippen LogP contribution is -2.37. The second-order valence-corrected chi connectivity index (χ2v) is 7.98. The molecule has 6 nitrogen and oxygen atoms in total. The zero-order valence-corrected chi connectivity index (χ0v) is 16.7. The van der Waals surface area contributed by atoms with Crippen LogP contribution in [0.2, 0.25) is 0 Å². The van der Waals surface area contributed by atoms with E-state index in [4.69, 9.17) is 9.47 Å². The molecule has 148 valence electrons. The number of methoxy groups -OCH3 is 2. The molecule has 1 saturated carbocycles. The molecule has 1 saturated heterocycles. The fraction of sp³-hybridized carbons (Fsp3) is 0.619. The first-order valence-corrected chi connectivity index (χ1v) is 9.73. The van der Waals surface area contributed by atoms with Crippen molar-refractivity contribution in [1.29, 1.82) is 0 Å². The van der Waals surface area contributed by atoms with Gasteiger partial charge in [0.05, 0.1) is 20.1 Å². The van der Waals surface area contributed by atoms with Crippen LogP contribution in [0.4, 0.5) is 0 Å². The summed E-state index contributed by atoms with van der Waals surface area (Å²) in [6, 6.07) is 5.67. The maximum Gasteiger partial charge on any atom is 0.225 e. The average Bonchev–Trinajstić information content (AvgIpc) is 3.43. The van der Waals surface area contributed by atoms with E-state index in [1.165, 1.54) is 0 Å². The van der Waals surface area contributed by atoms with E-state index in [9.17, 15) is 9.59 Å². The van der Waals surface area contributed by atoms with Gasteiger partial charge in [-0.2, -0.15) is 0 Å². The topological polar surface area (TPSA) is 67.9 Å². The first-order chi connectivity index (χ1) is 12.9. The van der Waals surface area contributed by atoms with Crippen molar-refractivity contribution in [3.05, 3.63) is 23.8 Å². The van der Waals surface area contributed by atoms with Crippen LogP contribution in [-0.2, 0) is 9.59 Å². The van der Waals surface area contributed by atoms with Crippen molar-refractivity contribution in [3.8, 4) is 11.5 Å². The molecule has 2 aliphatic rings. The number of nitrogens with zero attached hydrogens (tertiary/aromatic N) is 1. The zero-order chi connectivity index (χ0) is 19.6. The van der Waals surface area contributed by atoms with Gasteiger partial charge in [0.15, 0.2) is 0 Å². The zero-order valence-electron chi connectivity index (χ0n) is 16.7. The predicted octanol–water partition coefficient (Wildman–Crippen LogP) is 2.43. The number of hydrogen-bond acceptors (Lipinski definition) is 4. The minimum absolute atomic E-state index is 0.0117. The molecule has 2 fully saturated rings. The van der Waals surface area contributed by atoms with Gasteiger partial charge in [-0.05, 0) is 24.8 Å². The van der Waals surface area contributed by atoms with Crippen LogP contribution in [0.5, 0.6) is 11.5 Å². The maximum absolute atomic E-state index is 12.9. The van der Waals surface area contributed by atoms with Gasteiger partial charge in [-0.1, -0.05) is 19.9 Å². The minimum atomic E-state index is -0.270. The number of ether oxygens (including phenoxy) is 2. The van der Waals surface area contributed by atoms with Crippen LogP contribution in [0, 0.1) is 17.8 Å². The summed E-state index contributed by atoms with van der Waals surface area (Å²) in [6.07, 6.45) is 1.94. The van der Waals surface area contributed by atoms with Crippen LogP contribution >= 0.6 is 0 Å². The molecular formula is C21H30N2O4.